The molecule has 0 fully saturated rings. The number of H-pyrrole nitrogens is 1. The van der Waals surface area contributed by atoms with E-state index in [1.807, 2.05) is 18.2 Å². The van der Waals surface area contributed by atoms with Crippen LogP contribution in [0.5, 0.6) is 5.75 Å². The van der Waals surface area contributed by atoms with Crippen molar-refractivity contribution in [1.82, 2.24) is 10.2 Å². The van der Waals surface area contributed by atoms with Gasteiger partial charge in [-0.15, -0.1) is 0 Å². The number of fused-ring (bicyclic) bond motifs is 1. The molecule has 0 aliphatic heterocycles. The molecule has 0 aliphatic rings. The molecule has 0 bridgehead atoms. The van der Waals surface area contributed by atoms with E-state index in [-0.39, 0.29) is 18.3 Å². The number of carbonyl (C=O) groups is 1. The second-order valence-electron chi connectivity index (χ2n) is 6.13. The van der Waals surface area contributed by atoms with Gasteiger partial charge >= 0.3 is 0 Å². The van der Waals surface area contributed by atoms with Gasteiger partial charge in [0, 0.05) is 10.4 Å². The summed E-state index contributed by atoms with van der Waals surface area (Å²) in [7, 11) is 0. The number of carbonyl (C=O) groups excluding carboxylic acids is 1. The summed E-state index contributed by atoms with van der Waals surface area (Å²) in [5.74, 6) is 0.365. The van der Waals surface area contributed by atoms with Crippen LogP contribution >= 0.6 is 11.6 Å². The van der Waals surface area contributed by atoms with Gasteiger partial charge in [-0.3, -0.25) is 9.89 Å². The van der Waals surface area contributed by atoms with Gasteiger partial charge in [0.05, 0.1) is 5.52 Å². The summed E-state index contributed by atoms with van der Waals surface area (Å²) < 4.78 is 18.5. The van der Waals surface area contributed by atoms with Gasteiger partial charge in [-0.2, -0.15) is 5.10 Å². The van der Waals surface area contributed by atoms with Gasteiger partial charge < -0.3 is 10.1 Å². The molecule has 1 amide bonds. The SMILES string of the molecule is O=C(COc1ccc(Cl)cc1)Nc1n[nH]c2cc(-c3ccc(F)cc3)ccc12. The lowest BCUT2D eigenvalue weighted by molar-refractivity contribution is -0.118. The predicted molar refractivity (Wildman–Crippen MR) is 107 cm³/mol. The van der Waals surface area contributed by atoms with Gasteiger partial charge in [0.15, 0.2) is 12.4 Å². The second kappa shape index (κ2) is 7.70. The Morgan fingerprint density at radius 1 is 1.04 bits per heavy atom. The zero-order chi connectivity index (χ0) is 19.5. The van der Waals surface area contributed by atoms with E-state index in [0.29, 0.717) is 16.6 Å². The van der Waals surface area contributed by atoms with Gasteiger partial charge in [-0.05, 0) is 59.7 Å². The number of benzene rings is 3. The fourth-order valence-corrected chi connectivity index (χ4v) is 2.91. The zero-order valence-corrected chi connectivity index (χ0v) is 15.3. The number of anilines is 1. The Balaban J connectivity index is 1.46. The van der Waals surface area contributed by atoms with Crippen molar-refractivity contribution in [2.45, 2.75) is 0 Å². The van der Waals surface area contributed by atoms with E-state index >= 15 is 0 Å². The van der Waals surface area contributed by atoms with E-state index in [1.165, 1.54) is 12.1 Å². The number of nitrogens with one attached hydrogen (secondary N) is 2. The summed E-state index contributed by atoms with van der Waals surface area (Å²) in [6.07, 6.45) is 0. The highest BCUT2D eigenvalue weighted by Crippen LogP contribution is 2.27. The number of nitrogens with zero attached hydrogens (tertiary/aromatic N) is 1. The molecule has 0 spiro atoms. The Hall–Kier alpha value is -3.38. The maximum atomic E-state index is 13.1. The molecule has 28 heavy (non-hydrogen) atoms. The molecular formula is C21H15ClFN3O2. The van der Waals surface area contributed by atoms with Crippen molar-refractivity contribution in [1.29, 1.82) is 0 Å². The van der Waals surface area contributed by atoms with Gasteiger partial charge in [-0.1, -0.05) is 29.8 Å². The lowest BCUT2D eigenvalue weighted by Gasteiger charge is -2.06. The lowest BCUT2D eigenvalue weighted by Crippen LogP contribution is -2.20. The molecule has 3 aromatic carbocycles. The molecule has 0 saturated heterocycles. The number of rotatable bonds is 5. The molecule has 1 aromatic heterocycles. The van der Waals surface area contributed by atoms with Crippen LogP contribution in [0.25, 0.3) is 22.0 Å². The Bertz CT molecular complexity index is 1120. The van der Waals surface area contributed by atoms with Crippen LogP contribution in [-0.4, -0.2) is 22.7 Å². The van der Waals surface area contributed by atoms with Crippen molar-refractivity contribution < 1.29 is 13.9 Å². The van der Waals surface area contributed by atoms with E-state index in [2.05, 4.69) is 15.5 Å². The maximum Gasteiger partial charge on any atom is 0.263 e. The molecule has 4 rings (SSSR count). The van der Waals surface area contributed by atoms with Crippen molar-refractivity contribution >= 4 is 34.2 Å². The number of aromatic nitrogens is 2. The fraction of sp³-hybridized carbons (Fsp3) is 0.0476. The van der Waals surface area contributed by atoms with Gasteiger partial charge in [0.25, 0.3) is 5.91 Å². The molecule has 0 saturated carbocycles. The molecule has 2 N–H and O–H groups in total. The number of halogens is 2. The van der Waals surface area contributed by atoms with Crippen molar-refractivity contribution in [2.75, 3.05) is 11.9 Å². The summed E-state index contributed by atoms with van der Waals surface area (Å²) in [5.41, 5.74) is 2.57. The highest BCUT2D eigenvalue weighted by Gasteiger charge is 2.11. The van der Waals surface area contributed by atoms with Crippen molar-refractivity contribution in [3.8, 4) is 16.9 Å². The van der Waals surface area contributed by atoms with E-state index in [0.717, 1.165) is 22.0 Å². The number of amides is 1. The molecule has 0 atom stereocenters. The minimum Gasteiger partial charge on any atom is -0.484 e. The number of hydrogen-bond donors (Lipinski definition) is 2. The first-order valence-corrected chi connectivity index (χ1v) is 8.88. The van der Waals surface area contributed by atoms with Crippen LogP contribution in [0.1, 0.15) is 0 Å². The van der Waals surface area contributed by atoms with Crippen molar-refractivity contribution in [2.24, 2.45) is 0 Å². The molecular weight excluding hydrogens is 381 g/mol. The van der Waals surface area contributed by atoms with Crippen LogP contribution in [0, 0.1) is 5.82 Å². The first-order valence-electron chi connectivity index (χ1n) is 8.51. The average molecular weight is 396 g/mol. The summed E-state index contributed by atoms with van der Waals surface area (Å²) in [4.78, 5) is 12.2. The third kappa shape index (κ3) is 3.97. The fourth-order valence-electron chi connectivity index (χ4n) is 2.78. The maximum absolute atomic E-state index is 13.1. The van der Waals surface area contributed by atoms with Gasteiger partial charge in [-0.25, -0.2) is 4.39 Å². The smallest absolute Gasteiger partial charge is 0.263 e. The van der Waals surface area contributed by atoms with Crippen molar-refractivity contribution in [3.63, 3.8) is 0 Å². The number of hydrogen-bond acceptors (Lipinski definition) is 3. The van der Waals surface area contributed by atoms with Gasteiger partial charge in [0.1, 0.15) is 11.6 Å². The Labute approximate surface area is 165 Å². The molecule has 0 radical (unpaired) electrons. The topological polar surface area (TPSA) is 67.0 Å². The van der Waals surface area contributed by atoms with Crippen LogP contribution in [0.15, 0.2) is 66.7 Å². The lowest BCUT2D eigenvalue weighted by atomic mass is 10.0. The molecule has 4 aromatic rings. The summed E-state index contributed by atoms with van der Waals surface area (Å²) in [6, 6.07) is 18.7. The minimum atomic E-state index is -0.328. The molecule has 5 nitrogen and oxygen atoms in total. The van der Waals surface area contributed by atoms with Gasteiger partial charge in [0.2, 0.25) is 0 Å². The van der Waals surface area contributed by atoms with Crippen LogP contribution < -0.4 is 10.1 Å². The van der Waals surface area contributed by atoms with Crippen LogP contribution in [0.2, 0.25) is 5.02 Å². The standard InChI is InChI=1S/C21H15ClFN3O2/c22-15-4-8-17(9-5-15)28-12-20(27)24-21-18-10-3-14(11-19(18)25-26-21)13-1-6-16(23)7-2-13/h1-11H,12H2,(H2,24,25,26,27). The summed E-state index contributed by atoms with van der Waals surface area (Å²) >= 11 is 5.82. The Morgan fingerprint density at radius 3 is 2.50 bits per heavy atom. The highest BCUT2D eigenvalue weighted by molar-refractivity contribution is 6.30. The zero-order valence-electron chi connectivity index (χ0n) is 14.6. The first kappa shape index (κ1) is 18.0. The van der Waals surface area contributed by atoms with Crippen molar-refractivity contribution in [3.05, 3.63) is 77.6 Å². The monoisotopic (exact) mass is 395 g/mol. The van der Waals surface area contributed by atoms with Crippen LogP contribution in [-0.2, 0) is 4.79 Å². The largest absolute Gasteiger partial charge is 0.484 e. The first-order chi connectivity index (χ1) is 13.6. The third-order valence-corrected chi connectivity index (χ3v) is 4.43. The normalized spacial score (nSPS) is 10.8. The minimum absolute atomic E-state index is 0.149. The Kier molecular flexibility index (Phi) is 4.95. The molecule has 1 heterocycles. The molecule has 0 aliphatic carbocycles. The number of ether oxygens (including phenoxy) is 1. The van der Waals surface area contributed by atoms with E-state index in [9.17, 15) is 9.18 Å². The average Bonchev–Trinajstić information content (AvgIpc) is 3.10. The number of aromatic amines is 1. The predicted octanol–water partition coefficient (Wildman–Crippen LogP) is 5.04. The molecule has 140 valence electrons. The summed E-state index contributed by atoms with van der Waals surface area (Å²) in [5, 5.41) is 11.2. The molecule has 7 heteroatoms. The quantitative estimate of drug-likeness (QED) is 0.497. The molecule has 0 unspecified atom stereocenters. The third-order valence-electron chi connectivity index (χ3n) is 4.18. The second-order valence-corrected chi connectivity index (χ2v) is 6.57. The highest BCUT2D eigenvalue weighted by atomic mass is 35.5. The van der Waals surface area contributed by atoms with Crippen LogP contribution in [0.3, 0.4) is 0 Å². The van der Waals surface area contributed by atoms with E-state index in [1.54, 1.807) is 36.4 Å². The van der Waals surface area contributed by atoms with E-state index < -0.39 is 0 Å². The van der Waals surface area contributed by atoms with Crippen LogP contribution in [0.4, 0.5) is 10.2 Å². The Morgan fingerprint density at radius 2 is 1.75 bits per heavy atom. The van der Waals surface area contributed by atoms with E-state index in [4.69, 9.17) is 16.3 Å². The summed E-state index contributed by atoms with van der Waals surface area (Å²) in [6.45, 7) is -0.149.